The van der Waals surface area contributed by atoms with Crippen LogP contribution >= 0.6 is 11.3 Å². The van der Waals surface area contributed by atoms with E-state index in [1.807, 2.05) is 0 Å². The van der Waals surface area contributed by atoms with Crippen LogP contribution in [0.25, 0.3) is 0 Å². The average molecular weight is 338 g/mol. The van der Waals surface area contributed by atoms with Crippen molar-refractivity contribution in [2.45, 2.75) is 30.2 Å². The highest BCUT2D eigenvalue weighted by Crippen LogP contribution is 2.20. The first-order valence-corrected chi connectivity index (χ1v) is 8.28. The number of hydrogen-bond acceptors (Lipinski definition) is 8. The highest BCUT2D eigenvalue weighted by Gasteiger charge is 2.26. The lowest BCUT2D eigenvalue weighted by atomic mass is 10.0. The largest absolute Gasteiger partial charge is 0.389 e. The van der Waals surface area contributed by atoms with Crippen LogP contribution < -0.4 is 10.0 Å². The SMILES string of the molecule is COCCC(C)(O)CNS(=O)(=O)c1nnc(NC(C)=O)s1. The van der Waals surface area contributed by atoms with Gasteiger partial charge in [0.2, 0.25) is 15.4 Å². The van der Waals surface area contributed by atoms with E-state index in [0.717, 1.165) is 11.3 Å². The Morgan fingerprint density at radius 2 is 2.14 bits per heavy atom. The van der Waals surface area contributed by atoms with E-state index in [1.54, 1.807) is 0 Å². The molecular weight excluding hydrogens is 320 g/mol. The van der Waals surface area contributed by atoms with E-state index in [9.17, 15) is 18.3 Å². The predicted molar refractivity (Wildman–Crippen MR) is 76.5 cm³/mol. The molecule has 0 aliphatic rings. The number of hydrogen-bond donors (Lipinski definition) is 3. The van der Waals surface area contributed by atoms with Crippen LogP contribution in [-0.4, -0.2) is 55.5 Å². The molecule has 3 N–H and O–H groups in total. The van der Waals surface area contributed by atoms with Crippen molar-refractivity contribution in [1.29, 1.82) is 0 Å². The fraction of sp³-hybridized carbons (Fsp3) is 0.700. The van der Waals surface area contributed by atoms with Crippen molar-refractivity contribution in [3.05, 3.63) is 0 Å². The zero-order chi connectivity index (χ0) is 16.1. The maximum Gasteiger partial charge on any atom is 0.269 e. The van der Waals surface area contributed by atoms with Gasteiger partial charge in [-0.2, -0.15) is 0 Å². The van der Waals surface area contributed by atoms with Crippen molar-refractivity contribution in [2.24, 2.45) is 0 Å². The number of ether oxygens (including phenoxy) is 1. The summed E-state index contributed by atoms with van der Waals surface area (Å²) in [5, 5.41) is 19.5. The van der Waals surface area contributed by atoms with Crippen molar-refractivity contribution >= 4 is 32.4 Å². The van der Waals surface area contributed by atoms with E-state index in [-0.39, 0.29) is 28.3 Å². The van der Waals surface area contributed by atoms with E-state index < -0.39 is 15.6 Å². The molecule has 1 aromatic heterocycles. The van der Waals surface area contributed by atoms with Crippen LogP contribution in [-0.2, 0) is 19.6 Å². The molecule has 0 fully saturated rings. The van der Waals surface area contributed by atoms with E-state index in [2.05, 4.69) is 20.2 Å². The molecule has 0 aliphatic carbocycles. The quantitative estimate of drug-likeness (QED) is 0.548. The molecule has 1 heterocycles. The van der Waals surface area contributed by atoms with Crippen LogP contribution in [0.2, 0.25) is 0 Å². The Kier molecular flexibility index (Phi) is 6.16. The Morgan fingerprint density at radius 3 is 2.71 bits per heavy atom. The average Bonchev–Trinajstić information content (AvgIpc) is 2.83. The Balaban J connectivity index is 2.69. The molecule has 1 aromatic rings. The van der Waals surface area contributed by atoms with E-state index in [1.165, 1.54) is 21.0 Å². The number of anilines is 1. The molecule has 0 saturated heterocycles. The number of carbonyl (C=O) groups is 1. The van der Waals surface area contributed by atoms with Gasteiger partial charge in [-0.1, -0.05) is 11.3 Å². The molecule has 9 nitrogen and oxygen atoms in total. The number of rotatable bonds is 8. The van der Waals surface area contributed by atoms with Gasteiger partial charge in [0.15, 0.2) is 0 Å². The second-order valence-corrected chi connectivity index (χ2v) is 7.54. The number of aromatic nitrogens is 2. The molecule has 1 rings (SSSR count). The number of methoxy groups -OCH3 is 1. The van der Waals surface area contributed by atoms with E-state index in [4.69, 9.17) is 4.74 Å². The molecular formula is C10H18N4O5S2. The highest BCUT2D eigenvalue weighted by atomic mass is 32.2. The maximum absolute atomic E-state index is 12.0. The van der Waals surface area contributed by atoms with Gasteiger partial charge in [-0.15, -0.1) is 10.2 Å². The van der Waals surface area contributed by atoms with Gasteiger partial charge in [-0.3, -0.25) is 4.79 Å². The standard InChI is InChI=1S/C10H18N4O5S2/c1-7(15)12-8-13-14-9(20-8)21(17,18)11-6-10(2,16)4-5-19-3/h11,16H,4-6H2,1-3H3,(H,12,13,15). The number of aliphatic hydroxyl groups is 1. The van der Waals surface area contributed by atoms with Crippen molar-refractivity contribution in [2.75, 3.05) is 25.6 Å². The van der Waals surface area contributed by atoms with Crippen molar-refractivity contribution in [3.8, 4) is 0 Å². The van der Waals surface area contributed by atoms with Crippen LogP contribution in [0.4, 0.5) is 5.13 Å². The Labute approximate surface area is 126 Å². The zero-order valence-corrected chi connectivity index (χ0v) is 13.5. The van der Waals surface area contributed by atoms with Crippen LogP contribution in [0.1, 0.15) is 20.3 Å². The molecule has 11 heteroatoms. The summed E-state index contributed by atoms with van der Waals surface area (Å²) in [7, 11) is -2.40. The Hall–Kier alpha value is -1.14. The second-order valence-electron chi connectivity index (χ2n) is 4.62. The molecule has 1 unspecified atom stereocenters. The molecule has 0 radical (unpaired) electrons. The molecule has 0 spiro atoms. The summed E-state index contributed by atoms with van der Waals surface area (Å²) in [6.45, 7) is 2.89. The zero-order valence-electron chi connectivity index (χ0n) is 11.9. The van der Waals surface area contributed by atoms with Crippen LogP contribution in [0.3, 0.4) is 0 Å². The molecule has 1 amide bonds. The van der Waals surface area contributed by atoms with Crippen molar-refractivity contribution in [3.63, 3.8) is 0 Å². The Bertz CT molecular complexity index is 584. The van der Waals surface area contributed by atoms with Crippen LogP contribution in [0, 0.1) is 0 Å². The maximum atomic E-state index is 12.0. The van der Waals surface area contributed by atoms with Gasteiger partial charge >= 0.3 is 0 Å². The minimum absolute atomic E-state index is 0.0917. The monoisotopic (exact) mass is 338 g/mol. The van der Waals surface area contributed by atoms with Gasteiger partial charge in [0, 0.05) is 33.6 Å². The fourth-order valence-electron chi connectivity index (χ4n) is 1.24. The molecule has 0 aromatic carbocycles. The van der Waals surface area contributed by atoms with Gasteiger partial charge < -0.3 is 15.2 Å². The first-order chi connectivity index (χ1) is 9.66. The number of nitrogens with zero attached hydrogens (tertiary/aromatic N) is 2. The Morgan fingerprint density at radius 1 is 1.48 bits per heavy atom. The lowest BCUT2D eigenvalue weighted by Crippen LogP contribution is -2.41. The van der Waals surface area contributed by atoms with Crippen LogP contribution in [0.15, 0.2) is 4.34 Å². The molecule has 0 aliphatic heterocycles. The van der Waals surface area contributed by atoms with Gasteiger partial charge in [0.1, 0.15) is 0 Å². The predicted octanol–water partition coefficient (Wildman–Crippen LogP) is -0.438. The summed E-state index contributed by atoms with van der Waals surface area (Å²) in [6.07, 6.45) is 0.277. The molecule has 1 atom stereocenters. The third-order valence-electron chi connectivity index (χ3n) is 2.41. The molecule has 21 heavy (non-hydrogen) atoms. The normalized spacial score (nSPS) is 14.7. The summed E-state index contributed by atoms with van der Waals surface area (Å²) in [5.74, 6) is -0.370. The molecule has 0 bridgehead atoms. The van der Waals surface area contributed by atoms with Crippen molar-refractivity contribution < 1.29 is 23.1 Å². The van der Waals surface area contributed by atoms with Crippen molar-refractivity contribution in [1.82, 2.24) is 14.9 Å². The molecule has 120 valence electrons. The first kappa shape index (κ1) is 17.9. The lowest BCUT2D eigenvalue weighted by Gasteiger charge is -2.22. The van der Waals surface area contributed by atoms with Gasteiger partial charge in [0.25, 0.3) is 10.0 Å². The third kappa shape index (κ3) is 6.01. The first-order valence-electron chi connectivity index (χ1n) is 5.98. The summed E-state index contributed by atoms with van der Waals surface area (Å²) in [5.41, 5.74) is -1.24. The van der Waals surface area contributed by atoms with Gasteiger partial charge in [0.05, 0.1) is 5.60 Å². The summed E-state index contributed by atoms with van der Waals surface area (Å²) < 4.78 is 30.8. The summed E-state index contributed by atoms with van der Waals surface area (Å²) in [4.78, 5) is 10.8. The number of nitrogens with one attached hydrogen (secondary N) is 2. The highest BCUT2D eigenvalue weighted by molar-refractivity contribution is 7.91. The van der Waals surface area contributed by atoms with Gasteiger partial charge in [-0.05, 0) is 6.92 Å². The molecule has 0 saturated carbocycles. The number of sulfonamides is 1. The number of carbonyl (C=O) groups excluding carboxylic acids is 1. The minimum atomic E-state index is -3.89. The minimum Gasteiger partial charge on any atom is -0.389 e. The van der Waals surface area contributed by atoms with E-state index in [0.29, 0.717) is 6.61 Å². The third-order valence-corrected chi connectivity index (χ3v) is 5.01. The van der Waals surface area contributed by atoms with Gasteiger partial charge in [-0.25, -0.2) is 13.1 Å². The van der Waals surface area contributed by atoms with Crippen LogP contribution in [0.5, 0.6) is 0 Å². The lowest BCUT2D eigenvalue weighted by molar-refractivity contribution is -0.114. The smallest absolute Gasteiger partial charge is 0.269 e. The fourth-order valence-corrected chi connectivity index (χ4v) is 3.39. The van der Waals surface area contributed by atoms with E-state index >= 15 is 0 Å². The second kappa shape index (κ2) is 7.22. The summed E-state index contributed by atoms with van der Waals surface area (Å²) in [6, 6.07) is 0. The summed E-state index contributed by atoms with van der Waals surface area (Å²) >= 11 is 0.726. The number of amides is 1. The topological polar surface area (TPSA) is 131 Å².